The van der Waals surface area contributed by atoms with Crippen LogP contribution in [0.15, 0.2) is 41.4 Å². The Labute approximate surface area is 273 Å². The third-order valence-corrected chi connectivity index (χ3v) is 8.87. The SMILES string of the molecule is CCC1(CF)OCC2(/C=C/c3ccc4ccc(nc4c3)C(C)=NC(=O)[C@@H]3CCCN(N3)C(=O)[C@H](C)NC(=O)[C@H](C(C)C)OC2=O)CO1. The molecule has 0 aliphatic carbocycles. The molecule has 5 rings (SSSR count). The van der Waals surface area contributed by atoms with Crippen LogP contribution < -0.4 is 10.7 Å². The number of esters is 1. The summed E-state index contributed by atoms with van der Waals surface area (Å²) in [6.07, 6.45) is 3.28. The molecule has 2 fully saturated rings. The first-order valence-electron chi connectivity index (χ1n) is 16.0. The van der Waals surface area contributed by atoms with Gasteiger partial charge in [0.1, 0.15) is 24.2 Å². The van der Waals surface area contributed by atoms with Gasteiger partial charge < -0.3 is 19.5 Å². The average molecular weight is 652 g/mol. The van der Waals surface area contributed by atoms with Crippen LogP contribution in [0, 0.1) is 11.3 Å². The Hall–Kier alpha value is -4.07. The van der Waals surface area contributed by atoms with Crippen LogP contribution in [-0.2, 0) is 33.4 Å². The third kappa shape index (κ3) is 7.26. The number of cyclic esters (lactones) is 1. The molecule has 1 aromatic heterocycles. The number of aromatic nitrogens is 1. The first-order chi connectivity index (χ1) is 22.4. The summed E-state index contributed by atoms with van der Waals surface area (Å²) in [6.45, 7) is 7.31. The maximum atomic E-state index is 14.0. The van der Waals surface area contributed by atoms with E-state index in [1.54, 1.807) is 45.9 Å². The van der Waals surface area contributed by atoms with Gasteiger partial charge in [-0.15, -0.1) is 0 Å². The van der Waals surface area contributed by atoms with Crippen molar-refractivity contribution in [3.8, 4) is 0 Å². The van der Waals surface area contributed by atoms with E-state index >= 15 is 0 Å². The molecule has 2 saturated heterocycles. The molecule has 2 aromatic rings. The number of hydrogen-bond donors (Lipinski definition) is 2. The van der Waals surface area contributed by atoms with Crippen LogP contribution in [0.2, 0.25) is 0 Å². The van der Waals surface area contributed by atoms with Gasteiger partial charge in [-0.05, 0) is 50.3 Å². The van der Waals surface area contributed by atoms with E-state index in [0.29, 0.717) is 41.9 Å². The highest BCUT2D eigenvalue weighted by atomic mass is 19.1. The molecular formula is C34H42FN5O7. The minimum absolute atomic E-state index is 0.223. The number of pyridine rings is 1. The quantitative estimate of drug-likeness (QED) is 0.477. The molecule has 3 amide bonds. The minimum Gasteiger partial charge on any atom is -0.451 e. The zero-order chi connectivity index (χ0) is 33.9. The van der Waals surface area contributed by atoms with E-state index in [2.05, 4.69) is 15.7 Å². The predicted molar refractivity (Wildman–Crippen MR) is 172 cm³/mol. The Morgan fingerprint density at radius 3 is 2.51 bits per heavy atom. The van der Waals surface area contributed by atoms with Gasteiger partial charge in [-0.2, -0.15) is 0 Å². The average Bonchev–Trinajstić information content (AvgIpc) is 3.08. The standard InChI is InChI=1S/C34H42FN5O7/c1-6-34(17-35)45-18-33(19-46-34)14-13-23-9-10-24-11-12-25(38-27(24)16-23)21(4)36-29(41)26-8-7-15-40(39-26)31(43)22(5)37-30(42)28(20(2)3)47-32(33)44/h9-14,16,20,22,26,28,39H,6-8,15,17-19H2,1-5H3,(H,37,42)/b14-13+,36-21?/t22-,26-,28-,33?,34?/m0/s1. The van der Waals surface area contributed by atoms with E-state index in [0.717, 1.165) is 5.39 Å². The highest BCUT2D eigenvalue weighted by Gasteiger charge is 2.49. The molecule has 0 unspecified atom stereocenters. The first-order valence-corrected chi connectivity index (χ1v) is 16.0. The monoisotopic (exact) mass is 651 g/mol. The van der Waals surface area contributed by atoms with Gasteiger partial charge in [0.05, 0.1) is 30.1 Å². The van der Waals surface area contributed by atoms with Crippen molar-refractivity contribution in [1.82, 2.24) is 20.7 Å². The number of aliphatic imine (C=N–C) groups is 1. The zero-order valence-corrected chi connectivity index (χ0v) is 27.4. The van der Waals surface area contributed by atoms with E-state index in [9.17, 15) is 23.6 Å². The van der Waals surface area contributed by atoms with Crippen LogP contribution in [-0.4, -0.2) is 89.8 Å². The number of hydrazine groups is 1. The molecule has 3 atom stereocenters. The fourth-order valence-corrected chi connectivity index (χ4v) is 5.70. The molecule has 5 bridgehead atoms. The lowest BCUT2D eigenvalue weighted by molar-refractivity contribution is -0.301. The summed E-state index contributed by atoms with van der Waals surface area (Å²) in [5.74, 6) is -4.30. The summed E-state index contributed by atoms with van der Waals surface area (Å²) in [4.78, 5) is 63.0. The second-order valence-electron chi connectivity index (χ2n) is 12.8. The van der Waals surface area contributed by atoms with Gasteiger partial charge in [0.25, 0.3) is 17.7 Å². The molecule has 0 radical (unpaired) electrons. The molecule has 1 aromatic carbocycles. The maximum Gasteiger partial charge on any atom is 0.321 e. The molecule has 12 nitrogen and oxygen atoms in total. The van der Waals surface area contributed by atoms with Gasteiger partial charge in [-0.3, -0.25) is 24.2 Å². The van der Waals surface area contributed by atoms with E-state index in [1.807, 2.05) is 24.3 Å². The molecule has 13 heteroatoms. The Balaban J connectivity index is 1.57. The summed E-state index contributed by atoms with van der Waals surface area (Å²) in [5.41, 5.74) is 3.70. The molecule has 0 saturated carbocycles. The molecule has 47 heavy (non-hydrogen) atoms. The van der Waals surface area contributed by atoms with Crippen LogP contribution in [0.1, 0.15) is 65.1 Å². The summed E-state index contributed by atoms with van der Waals surface area (Å²) >= 11 is 0. The number of carbonyl (C=O) groups excluding carboxylic acids is 4. The summed E-state index contributed by atoms with van der Waals surface area (Å²) in [5, 5.41) is 4.83. The zero-order valence-electron chi connectivity index (χ0n) is 27.4. The van der Waals surface area contributed by atoms with Crippen LogP contribution in [0.5, 0.6) is 0 Å². The number of halogens is 1. The molecule has 1 spiro atoms. The van der Waals surface area contributed by atoms with Gasteiger partial charge in [0.15, 0.2) is 11.9 Å². The van der Waals surface area contributed by atoms with Crippen LogP contribution in [0.4, 0.5) is 4.39 Å². The third-order valence-electron chi connectivity index (χ3n) is 8.87. The van der Waals surface area contributed by atoms with Gasteiger partial charge in [0.2, 0.25) is 0 Å². The number of hydrogen-bond acceptors (Lipinski definition) is 9. The smallest absolute Gasteiger partial charge is 0.321 e. The fraction of sp³-hybridized carbons (Fsp3) is 0.529. The maximum absolute atomic E-state index is 14.0. The van der Waals surface area contributed by atoms with Gasteiger partial charge in [0, 0.05) is 18.4 Å². The van der Waals surface area contributed by atoms with Crippen molar-refractivity contribution in [3.05, 3.63) is 47.7 Å². The van der Waals surface area contributed by atoms with Crippen molar-refractivity contribution >= 4 is 46.4 Å². The Kier molecular flexibility index (Phi) is 10.2. The van der Waals surface area contributed by atoms with Crippen molar-refractivity contribution in [2.45, 2.75) is 77.9 Å². The number of carbonyl (C=O) groups is 4. The number of rotatable bonds is 3. The number of fused-ring (bicyclic) bond motifs is 4. The number of nitrogens with one attached hydrogen (secondary N) is 2. The van der Waals surface area contributed by atoms with Crippen molar-refractivity contribution in [1.29, 1.82) is 0 Å². The molecule has 3 aliphatic heterocycles. The van der Waals surface area contributed by atoms with Crippen molar-refractivity contribution in [3.63, 3.8) is 0 Å². The number of amides is 3. The lowest BCUT2D eigenvalue weighted by Gasteiger charge is -2.42. The summed E-state index contributed by atoms with van der Waals surface area (Å²) in [7, 11) is 0. The number of alkyl halides is 1. The number of ether oxygens (including phenoxy) is 3. The summed E-state index contributed by atoms with van der Waals surface area (Å²) < 4.78 is 31.5. The van der Waals surface area contributed by atoms with Crippen LogP contribution in [0.25, 0.3) is 17.0 Å². The fourth-order valence-electron chi connectivity index (χ4n) is 5.70. The molecule has 4 heterocycles. The minimum atomic E-state index is -1.51. The lowest BCUT2D eigenvalue weighted by Crippen LogP contribution is -2.60. The largest absolute Gasteiger partial charge is 0.451 e. The number of nitrogens with zero attached hydrogens (tertiary/aromatic N) is 3. The van der Waals surface area contributed by atoms with Crippen molar-refractivity contribution in [2.75, 3.05) is 26.4 Å². The Morgan fingerprint density at radius 1 is 1.11 bits per heavy atom. The summed E-state index contributed by atoms with van der Waals surface area (Å²) in [6, 6.07) is 7.48. The van der Waals surface area contributed by atoms with Crippen molar-refractivity contribution in [2.24, 2.45) is 16.3 Å². The van der Waals surface area contributed by atoms with Crippen molar-refractivity contribution < 1.29 is 37.8 Å². The van der Waals surface area contributed by atoms with Crippen LogP contribution in [0.3, 0.4) is 0 Å². The van der Waals surface area contributed by atoms with Crippen LogP contribution >= 0.6 is 0 Å². The molecule has 252 valence electrons. The van der Waals surface area contributed by atoms with Gasteiger partial charge in [-0.1, -0.05) is 51.1 Å². The van der Waals surface area contributed by atoms with E-state index in [1.165, 1.54) is 11.9 Å². The Morgan fingerprint density at radius 2 is 1.83 bits per heavy atom. The van der Waals surface area contributed by atoms with Gasteiger partial charge in [-0.25, -0.2) is 19.8 Å². The van der Waals surface area contributed by atoms with E-state index < -0.39 is 65.7 Å². The van der Waals surface area contributed by atoms with Gasteiger partial charge >= 0.3 is 5.97 Å². The highest BCUT2D eigenvalue weighted by molar-refractivity contribution is 6.06. The second kappa shape index (κ2) is 14.0. The topological polar surface area (TPSA) is 149 Å². The lowest BCUT2D eigenvalue weighted by atomic mass is 9.87. The molecule has 3 aliphatic rings. The normalized spacial score (nSPS) is 30.3. The predicted octanol–water partition coefficient (Wildman–Crippen LogP) is 3.27. The highest BCUT2D eigenvalue weighted by Crippen LogP contribution is 2.36. The first kappa shape index (κ1) is 34.3. The van der Waals surface area contributed by atoms with E-state index in [-0.39, 0.29) is 19.6 Å². The second-order valence-corrected chi connectivity index (χ2v) is 12.8. The Bertz CT molecular complexity index is 1590. The molecular weight excluding hydrogens is 609 g/mol. The number of benzene rings is 1. The molecule has 2 N–H and O–H groups in total. The van der Waals surface area contributed by atoms with E-state index in [4.69, 9.17) is 19.2 Å².